The summed E-state index contributed by atoms with van der Waals surface area (Å²) in [6, 6.07) is 3.03. The van der Waals surface area contributed by atoms with Crippen molar-refractivity contribution in [1.82, 2.24) is 10.3 Å². The number of carbonyl (C=O) groups excluding carboxylic acids is 3. The monoisotopic (exact) mass is 338 g/mol. The van der Waals surface area contributed by atoms with Gasteiger partial charge in [0.25, 0.3) is 5.91 Å². The molecule has 2 N–H and O–H groups in total. The van der Waals surface area contributed by atoms with E-state index in [1.165, 1.54) is 19.2 Å². The second-order valence-electron chi connectivity index (χ2n) is 4.89. The van der Waals surface area contributed by atoms with Crippen LogP contribution in [0.25, 0.3) is 0 Å². The number of rotatable bonds is 7. The Morgan fingerprint density at radius 2 is 1.71 bits per heavy atom. The topological polar surface area (TPSA) is 132 Å². The highest BCUT2D eigenvalue weighted by Gasteiger charge is 2.42. The van der Waals surface area contributed by atoms with Gasteiger partial charge in [0, 0.05) is 12.1 Å². The molecule has 0 saturated carbocycles. The molecule has 0 bridgehead atoms. The molecular formula is C15H18N2O7. The maximum Gasteiger partial charge on any atom is 0.326 e. The van der Waals surface area contributed by atoms with Gasteiger partial charge < -0.3 is 19.9 Å². The van der Waals surface area contributed by atoms with E-state index in [1.54, 1.807) is 12.1 Å². The van der Waals surface area contributed by atoms with E-state index in [9.17, 15) is 24.3 Å². The first-order chi connectivity index (χ1) is 11.3. The van der Waals surface area contributed by atoms with Crippen LogP contribution in [0.3, 0.4) is 0 Å². The number of carboxylic acids is 1. The zero-order chi connectivity index (χ0) is 18.3. The maximum atomic E-state index is 12.1. The summed E-state index contributed by atoms with van der Waals surface area (Å²) in [5, 5.41) is 11.6. The lowest BCUT2D eigenvalue weighted by Gasteiger charge is -2.25. The van der Waals surface area contributed by atoms with Gasteiger partial charge >= 0.3 is 17.9 Å². The van der Waals surface area contributed by atoms with Gasteiger partial charge in [-0.15, -0.1) is 0 Å². The minimum Gasteiger partial charge on any atom is -0.480 e. The molecule has 0 radical (unpaired) electrons. The fraction of sp³-hybridized carbons (Fsp3) is 0.400. The number of carbonyl (C=O) groups is 4. The van der Waals surface area contributed by atoms with Gasteiger partial charge in [-0.1, -0.05) is 13.0 Å². The zero-order valence-electron chi connectivity index (χ0n) is 13.4. The fourth-order valence-corrected chi connectivity index (χ4v) is 2.10. The molecule has 0 aromatic carbocycles. The number of esters is 2. The molecule has 1 heterocycles. The Kier molecular flexibility index (Phi) is 6.84. The van der Waals surface area contributed by atoms with Crippen LogP contribution in [0.15, 0.2) is 24.4 Å². The molecule has 1 amide bonds. The minimum atomic E-state index is -1.53. The Labute approximate surface area is 138 Å². The van der Waals surface area contributed by atoms with Gasteiger partial charge in [-0.2, -0.15) is 0 Å². The first-order valence-electron chi connectivity index (χ1n) is 6.93. The van der Waals surface area contributed by atoms with E-state index in [0.717, 1.165) is 14.2 Å². The number of hydrogen-bond acceptors (Lipinski definition) is 7. The Morgan fingerprint density at radius 3 is 2.12 bits per heavy atom. The van der Waals surface area contributed by atoms with Crippen molar-refractivity contribution in [2.45, 2.75) is 13.0 Å². The third kappa shape index (κ3) is 4.51. The van der Waals surface area contributed by atoms with Gasteiger partial charge in [0.1, 0.15) is 11.7 Å². The van der Waals surface area contributed by atoms with Crippen LogP contribution in [-0.4, -0.2) is 54.2 Å². The molecule has 0 unspecified atom stereocenters. The van der Waals surface area contributed by atoms with E-state index in [-0.39, 0.29) is 5.69 Å². The summed E-state index contributed by atoms with van der Waals surface area (Å²) in [6.07, 6.45) is 1.37. The smallest absolute Gasteiger partial charge is 0.326 e. The number of methoxy groups -OCH3 is 2. The van der Waals surface area contributed by atoms with Crippen LogP contribution in [0, 0.1) is 11.8 Å². The summed E-state index contributed by atoms with van der Waals surface area (Å²) in [7, 11) is 2.13. The van der Waals surface area contributed by atoms with Gasteiger partial charge in [0.2, 0.25) is 0 Å². The van der Waals surface area contributed by atoms with Crippen LogP contribution in [0.1, 0.15) is 17.4 Å². The number of amides is 1. The largest absolute Gasteiger partial charge is 0.480 e. The van der Waals surface area contributed by atoms with Crippen molar-refractivity contribution in [3.63, 3.8) is 0 Å². The van der Waals surface area contributed by atoms with E-state index < -0.39 is 41.7 Å². The molecular weight excluding hydrogens is 320 g/mol. The zero-order valence-corrected chi connectivity index (χ0v) is 13.4. The quantitative estimate of drug-likeness (QED) is 0.519. The normalized spacial score (nSPS) is 12.8. The van der Waals surface area contributed by atoms with Crippen LogP contribution < -0.4 is 5.32 Å². The Morgan fingerprint density at radius 1 is 1.12 bits per heavy atom. The van der Waals surface area contributed by atoms with Crippen molar-refractivity contribution < 1.29 is 33.8 Å². The van der Waals surface area contributed by atoms with Crippen LogP contribution in [0.5, 0.6) is 0 Å². The molecule has 1 rings (SSSR count). The van der Waals surface area contributed by atoms with Crippen LogP contribution in [0.4, 0.5) is 0 Å². The standard InChI is InChI=1S/C15H18N2O7/c1-8(10(14(21)23-2)15(22)24-3)11(13(19)20)17-12(18)9-6-4-5-7-16-9/h4-8,10-11H,1-3H3,(H,17,18)(H,19,20)/t8-,11-/m0/s1. The molecule has 0 aliphatic rings. The predicted octanol–water partition coefficient (Wildman–Crippen LogP) is -0.137. The van der Waals surface area contributed by atoms with Crippen molar-refractivity contribution in [1.29, 1.82) is 0 Å². The van der Waals surface area contributed by atoms with Crippen LogP contribution >= 0.6 is 0 Å². The van der Waals surface area contributed by atoms with Crippen LogP contribution in [0.2, 0.25) is 0 Å². The SMILES string of the molecule is COC(=O)C(C(=O)OC)[C@H](C)[C@H](NC(=O)c1ccccn1)C(=O)O. The summed E-state index contributed by atoms with van der Waals surface area (Å²) < 4.78 is 9.04. The van der Waals surface area contributed by atoms with Gasteiger partial charge in [0.05, 0.1) is 14.2 Å². The van der Waals surface area contributed by atoms with Gasteiger partial charge in [0.15, 0.2) is 5.92 Å². The molecule has 24 heavy (non-hydrogen) atoms. The van der Waals surface area contributed by atoms with E-state index in [0.29, 0.717) is 0 Å². The molecule has 0 aliphatic heterocycles. The number of aromatic nitrogens is 1. The molecule has 0 fully saturated rings. The number of aliphatic carboxylic acids is 1. The third-order valence-corrected chi connectivity index (χ3v) is 3.41. The average molecular weight is 338 g/mol. The minimum absolute atomic E-state index is 0.00337. The Bertz CT molecular complexity index is 602. The second kappa shape index (κ2) is 8.61. The van der Waals surface area contributed by atoms with Gasteiger partial charge in [-0.05, 0) is 12.1 Å². The summed E-state index contributed by atoms with van der Waals surface area (Å²) in [6.45, 7) is 1.33. The van der Waals surface area contributed by atoms with Crippen LogP contribution in [-0.2, 0) is 23.9 Å². The van der Waals surface area contributed by atoms with Crippen molar-refractivity contribution in [3.05, 3.63) is 30.1 Å². The maximum absolute atomic E-state index is 12.1. The predicted molar refractivity (Wildman–Crippen MR) is 79.8 cm³/mol. The number of hydrogen-bond donors (Lipinski definition) is 2. The summed E-state index contributed by atoms with van der Waals surface area (Å²) in [4.78, 5) is 51.0. The van der Waals surface area contributed by atoms with E-state index in [4.69, 9.17) is 0 Å². The Hall–Kier alpha value is -2.97. The molecule has 9 heteroatoms. The number of ether oxygens (including phenoxy) is 2. The molecule has 0 aliphatic carbocycles. The van der Waals surface area contributed by atoms with Crippen molar-refractivity contribution in [3.8, 4) is 0 Å². The highest BCUT2D eigenvalue weighted by atomic mass is 16.5. The van der Waals surface area contributed by atoms with Gasteiger partial charge in [-0.3, -0.25) is 19.4 Å². The first kappa shape index (κ1) is 19.1. The lowest BCUT2D eigenvalue weighted by molar-refractivity contribution is -0.162. The number of nitrogens with zero attached hydrogens (tertiary/aromatic N) is 1. The van der Waals surface area contributed by atoms with Gasteiger partial charge in [-0.25, -0.2) is 4.79 Å². The first-order valence-corrected chi connectivity index (χ1v) is 6.93. The lowest BCUT2D eigenvalue weighted by atomic mass is 9.87. The Balaban J connectivity index is 3.04. The molecule has 2 atom stereocenters. The summed E-state index contributed by atoms with van der Waals surface area (Å²) in [5.74, 6) is -6.67. The highest BCUT2D eigenvalue weighted by molar-refractivity contribution is 5.98. The van der Waals surface area contributed by atoms with E-state index >= 15 is 0 Å². The molecule has 0 saturated heterocycles. The summed E-state index contributed by atoms with van der Waals surface area (Å²) >= 11 is 0. The fourth-order valence-electron chi connectivity index (χ4n) is 2.10. The molecule has 9 nitrogen and oxygen atoms in total. The van der Waals surface area contributed by atoms with Crippen molar-refractivity contribution >= 4 is 23.8 Å². The molecule has 130 valence electrons. The second-order valence-corrected chi connectivity index (χ2v) is 4.89. The summed E-state index contributed by atoms with van der Waals surface area (Å²) in [5.41, 5.74) is 0.00337. The van der Waals surface area contributed by atoms with E-state index in [2.05, 4.69) is 19.8 Å². The number of carboxylic acid groups (broad SMARTS) is 1. The molecule has 0 spiro atoms. The highest BCUT2D eigenvalue weighted by Crippen LogP contribution is 2.20. The third-order valence-electron chi connectivity index (χ3n) is 3.41. The number of nitrogens with one attached hydrogen (secondary N) is 1. The molecule has 1 aromatic rings. The van der Waals surface area contributed by atoms with Crippen molar-refractivity contribution in [2.75, 3.05) is 14.2 Å². The number of pyridine rings is 1. The van der Waals surface area contributed by atoms with Crippen molar-refractivity contribution in [2.24, 2.45) is 11.8 Å². The average Bonchev–Trinajstić information content (AvgIpc) is 2.59. The van der Waals surface area contributed by atoms with E-state index in [1.807, 2.05) is 0 Å². The lowest BCUT2D eigenvalue weighted by Crippen LogP contribution is -2.50. The molecule has 1 aromatic heterocycles.